The summed E-state index contributed by atoms with van der Waals surface area (Å²) in [6.45, 7) is 3.14. The van der Waals surface area contributed by atoms with Crippen LogP contribution in [0.4, 0.5) is 0 Å². The number of nitrogens with zero attached hydrogens (tertiary/aromatic N) is 1. The molecule has 0 aliphatic heterocycles. The van der Waals surface area contributed by atoms with Crippen molar-refractivity contribution >= 4 is 17.5 Å². The van der Waals surface area contributed by atoms with Crippen LogP contribution in [-0.4, -0.2) is 35.6 Å². The van der Waals surface area contributed by atoms with E-state index in [1.807, 2.05) is 37.3 Å². The normalized spacial score (nSPS) is 12.2. The predicted molar refractivity (Wildman–Crippen MR) is 69.0 cm³/mol. The van der Waals surface area contributed by atoms with Crippen molar-refractivity contribution in [2.24, 2.45) is 0 Å². The number of hydrogen-bond donors (Lipinski definition) is 1. The molecule has 1 aromatic carbocycles. The van der Waals surface area contributed by atoms with E-state index in [9.17, 15) is 4.79 Å². The smallest absolute Gasteiger partial charge is 0.245 e. The quantitative estimate of drug-likeness (QED) is 0.792. The molecular formula is C13H18ClNO2. The summed E-state index contributed by atoms with van der Waals surface area (Å²) in [6, 6.07) is 9.30. The molecule has 0 saturated carbocycles. The summed E-state index contributed by atoms with van der Waals surface area (Å²) in [5.74, 6) is -0.103. The van der Waals surface area contributed by atoms with Crippen molar-refractivity contribution in [2.45, 2.75) is 18.7 Å². The summed E-state index contributed by atoms with van der Waals surface area (Å²) in [5.41, 5.74) is 0.807. The first-order chi connectivity index (χ1) is 8.20. The largest absolute Gasteiger partial charge is 0.396 e. The lowest BCUT2D eigenvalue weighted by Gasteiger charge is -2.23. The Bertz CT molecular complexity index is 343. The Labute approximate surface area is 107 Å². The van der Waals surface area contributed by atoms with Crippen molar-refractivity contribution in [1.82, 2.24) is 4.90 Å². The second-order valence-corrected chi connectivity index (χ2v) is 4.20. The second kappa shape index (κ2) is 7.30. The maximum atomic E-state index is 12.1. The van der Waals surface area contributed by atoms with Crippen molar-refractivity contribution in [3.05, 3.63) is 35.9 Å². The Kier molecular flexibility index (Phi) is 6.01. The van der Waals surface area contributed by atoms with Crippen LogP contribution in [0.15, 0.2) is 30.3 Å². The highest BCUT2D eigenvalue weighted by molar-refractivity contribution is 6.30. The number of carbonyl (C=O) groups excluding carboxylic acids is 1. The number of hydrogen-bond acceptors (Lipinski definition) is 2. The lowest BCUT2D eigenvalue weighted by Crippen LogP contribution is -2.34. The fraction of sp³-hybridized carbons (Fsp3) is 0.462. The first-order valence-corrected chi connectivity index (χ1v) is 6.23. The SMILES string of the molecule is CCN(CCCO)C(=O)C(Cl)c1ccccc1. The van der Waals surface area contributed by atoms with Crippen LogP contribution >= 0.6 is 11.6 Å². The lowest BCUT2D eigenvalue weighted by molar-refractivity contribution is -0.130. The van der Waals surface area contributed by atoms with Gasteiger partial charge in [0, 0.05) is 19.7 Å². The zero-order valence-corrected chi connectivity index (χ0v) is 10.7. The number of halogens is 1. The van der Waals surface area contributed by atoms with E-state index in [1.165, 1.54) is 0 Å². The van der Waals surface area contributed by atoms with Gasteiger partial charge in [-0.3, -0.25) is 4.79 Å². The maximum absolute atomic E-state index is 12.1. The number of likely N-dealkylation sites (N-methyl/N-ethyl adjacent to an activating group) is 1. The van der Waals surface area contributed by atoms with Gasteiger partial charge in [-0.15, -0.1) is 11.6 Å². The Morgan fingerprint density at radius 2 is 2.06 bits per heavy atom. The van der Waals surface area contributed by atoms with Crippen LogP contribution < -0.4 is 0 Å². The van der Waals surface area contributed by atoms with Gasteiger partial charge >= 0.3 is 0 Å². The van der Waals surface area contributed by atoms with Crippen molar-refractivity contribution in [3.63, 3.8) is 0 Å². The van der Waals surface area contributed by atoms with E-state index in [1.54, 1.807) is 4.90 Å². The van der Waals surface area contributed by atoms with Crippen LogP contribution in [0.2, 0.25) is 0 Å². The number of aliphatic hydroxyl groups excluding tert-OH is 1. The topological polar surface area (TPSA) is 40.5 Å². The molecule has 1 rings (SSSR count). The maximum Gasteiger partial charge on any atom is 0.245 e. The number of carbonyl (C=O) groups is 1. The van der Waals surface area contributed by atoms with E-state index >= 15 is 0 Å². The minimum atomic E-state index is -0.644. The fourth-order valence-electron chi connectivity index (χ4n) is 1.61. The van der Waals surface area contributed by atoms with E-state index in [-0.39, 0.29) is 12.5 Å². The van der Waals surface area contributed by atoms with Crippen LogP contribution in [0.5, 0.6) is 0 Å². The van der Waals surface area contributed by atoms with Gasteiger partial charge in [0.05, 0.1) is 0 Å². The second-order valence-electron chi connectivity index (χ2n) is 3.77. The fourth-order valence-corrected chi connectivity index (χ4v) is 1.89. The molecule has 0 spiro atoms. The molecule has 0 radical (unpaired) electrons. The molecule has 0 aliphatic rings. The van der Waals surface area contributed by atoms with Gasteiger partial charge in [-0.05, 0) is 18.9 Å². The van der Waals surface area contributed by atoms with Crippen molar-refractivity contribution in [2.75, 3.05) is 19.7 Å². The Morgan fingerprint density at radius 1 is 1.41 bits per heavy atom. The Morgan fingerprint density at radius 3 is 2.59 bits per heavy atom. The van der Waals surface area contributed by atoms with E-state index < -0.39 is 5.38 Å². The third kappa shape index (κ3) is 4.02. The molecule has 0 aliphatic carbocycles. The lowest BCUT2D eigenvalue weighted by atomic mass is 10.1. The summed E-state index contributed by atoms with van der Waals surface area (Å²) in [6.07, 6.45) is 0.581. The zero-order valence-electron chi connectivity index (χ0n) is 9.97. The van der Waals surface area contributed by atoms with Crippen molar-refractivity contribution in [1.29, 1.82) is 0 Å². The van der Waals surface area contributed by atoms with Gasteiger partial charge in [0.2, 0.25) is 5.91 Å². The molecule has 0 aromatic heterocycles. The first-order valence-electron chi connectivity index (χ1n) is 5.79. The zero-order chi connectivity index (χ0) is 12.7. The Balaban J connectivity index is 2.67. The minimum absolute atomic E-state index is 0.0854. The Hall–Kier alpha value is -1.06. The molecule has 3 nitrogen and oxygen atoms in total. The van der Waals surface area contributed by atoms with Crippen molar-refractivity contribution < 1.29 is 9.90 Å². The third-order valence-electron chi connectivity index (χ3n) is 2.59. The summed E-state index contributed by atoms with van der Waals surface area (Å²) in [7, 11) is 0. The number of aliphatic hydroxyl groups is 1. The third-order valence-corrected chi connectivity index (χ3v) is 3.03. The molecule has 1 N–H and O–H groups in total. The van der Waals surface area contributed by atoms with Gasteiger partial charge in [-0.1, -0.05) is 30.3 Å². The predicted octanol–water partition coefficient (Wildman–Crippen LogP) is 2.20. The highest BCUT2D eigenvalue weighted by atomic mass is 35.5. The molecule has 1 amide bonds. The standard InChI is InChI=1S/C13H18ClNO2/c1-2-15(9-6-10-16)13(17)12(14)11-7-4-3-5-8-11/h3-5,7-8,12,16H,2,6,9-10H2,1H3. The highest BCUT2D eigenvalue weighted by Crippen LogP contribution is 2.22. The molecule has 0 saturated heterocycles. The van der Waals surface area contributed by atoms with E-state index in [0.29, 0.717) is 19.5 Å². The van der Waals surface area contributed by atoms with Gasteiger partial charge in [-0.25, -0.2) is 0 Å². The molecule has 1 unspecified atom stereocenters. The molecule has 4 heteroatoms. The highest BCUT2D eigenvalue weighted by Gasteiger charge is 2.22. The van der Waals surface area contributed by atoms with Gasteiger partial charge < -0.3 is 10.0 Å². The summed E-state index contributed by atoms with van der Waals surface area (Å²) < 4.78 is 0. The van der Waals surface area contributed by atoms with Gasteiger partial charge in [0.25, 0.3) is 0 Å². The summed E-state index contributed by atoms with van der Waals surface area (Å²) >= 11 is 6.16. The van der Waals surface area contributed by atoms with Crippen molar-refractivity contribution in [3.8, 4) is 0 Å². The average Bonchev–Trinajstić information content (AvgIpc) is 2.39. The van der Waals surface area contributed by atoms with Crippen LogP contribution in [0.25, 0.3) is 0 Å². The van der Waals surface area contributed by atoms with Gasteiger partial charge in [-0.2, -0.15) is 0 Å². The summed E-state index contributed by atoms with van der Waals surface area (Å²) in [4.78, 5) is 13.8. The number of amides is 1. The van der Waals surface area contributed by atoms with Crippen LogP contribution in [0.1, 0.15) is 24.3 Å². The molecule has 0 heterocycles. The number of rotatable bonds is 6. The van der Waals surface area contributed by atoms with E-state index in [2.05, 4.69) is 0 Å². The van der Waals surface area contributed by atoms with Crippen LogP contribution in [-0.2, 0) is 4.79 Å². The first kappa shape index (κ1) is 14.0. The molecule has 1 aromatic rings. The molecule has 17 heavy (non-hydrogen) atoms. The molecular weight excluding hydrogens is 238 g/mol. The van der Waals surface area contributed by atoms with Crippen LogP contribution in [0, 0.1) is 0 Å². The average molecular weight is 256 g/mol. The molecule has 94 valence electrons. The monoisotopic (exact) mass is 255 g/mol. The van der Waals surface area contributed by atoms with E-state index in [0.717, 1.165) is 5.56 Å². The van der Waals surface area contributed by atoms with Gasteiger partial charge in [0.15, 0.2) is 0 Å². The number of benzene rings is 1. The molecule has 0 fully saturated rings. The van der Waals surface area contributed by atoms with Gasteiger partial charge in [0.1, 0.15) is 5.38 Å². The van der Waals surface area contributed by atoms with E-state index in [4.69, 9.17) is 16.7 Å². The molecule has 1 atom stereocenters. The number of alkyl halides is 1. The minimum Gasteiger partial charge on any atom is -0.396 e. The van der Waals surface area contributed by atoms with Crippen LogP contribution in [0.3, 0.4) is 0 Å². The molecule has 0 bridgehead atoms. The summed E-state index contributed by atoms with van der Waals surface area (Å²) in [5, 5.41) is 8.13.